The van der Waals surface area contributed by atoms with Crippen LogP contribution >= 0.6 is 0 Å². The number of likely N-dealkylation sites (N-methyl/N-ethyl adjacent to an activating group) is 1. The molecule has 0 bridgehead atoms. The third-order valence-corrected chi connectivity index (χ3v) is 7.83. The molecule has 2 aliphatic heterocycles. The highest BCUT2D eigenvalue weighted by atomic mass is 16.6. The van der Waals surface area contributed by atoms with Gasteiger partial charge in [0.05, 0.1) is 6.61 Å². The summed E-state index contributed by atoms with van der Waals surface area (Å²) in [6, 6.07) is 16.5. The number of fused-ring (bicyclic) bond motifs is 1. The molecule has 0 saturated carbocycles. The van der Waals surface area contributed by atoms with Gasteiger partial charge in [0, 0.05) is 50.1 Å². The molecule has 238 valence electrons. The Hall–Kier alpha value is -4.77. The fraction of sp³-hybridized carbons (Fsp3) is 0.382. The molecular weight excluding hydrogens is 580 g/mol. The number of aliphatic carboxylic acids is 2. The van der Waals surface area contributed by atoms with Gasteiger partial charge in [-0.2, -0.15) is 0 Å². The zero-order valence-electron chi connectivity index (χ0n) is 25.3. The SMILES string of the molecule is CN1CCN(C(=O)c2cc(OCc3cccc(OCCCC(=O)O)c3CCC(=O)O)cc(-c3ccc4c(c3)OCCO4)c2)CC1. The lowest BCUT2D eigenvalue weighted by molar-refractivity contribution is -0.138. The van der Waals surface area contributed by atoms with Gasteiger partial charge >= 0.3 is 11.9 Å². The van der Waals surface area contributed by atoms with Crippen LogP contribution in [0.1, 0.15) is 40.7 Å². The number of amides is 1. The number of carboxylic acids is 2. The van der Waals surface area contributed by atoms with Crippen molar-refractivity contribution in [3.8, 4) is 34.1 Å². The van der Waals surface area contributed by atoms with E-state index < -0.39 is 11.9 Å². The number of rotatable bonds is 13. The molecule has 2 aliphatic rings. The summed E-state index contributed by atoms with van der Waals surface area (Å²) >= 11 is 0. The average Bonchev–Trinajstić information content (AvgIpc) is 3.04. The van der Waals surface area contributed by atoms with Crippen LogP contribution in [-0.2, 0) is 22.6 Å². The molecule has 3 aromatic carbocycles. The molecule has 0 aliphatic carbocycles. The summed E-state index contributed by atoms with van der Waals surface area (Å²) in [4.78, 5) is 40.0. The Kier molecular flexibility index (Phi) is 10.4. The minimum absolute atomic E-state index is 0.0256. The molecule has 1 fully saturated rings. The van der Waals surface area contributed by atoms with Gasteiger partial charge in [0.25, 0.3) is 5.91 Å². The van der Waals surface area contributed by atoms with Crippen LogP contribution in [0, 0.1) is 0 Å². The van der Waals surface area contributed by atoms with Gasteiger partial charge in [-0.05, 0) is 73.0 Å². The predicted octanol–water partition coefficient (Wildman–Crippen LogP) is 4.35. The lowest BCUT2D eigenvalue weighted by Crippen LogP contribution is -2.47. The van der Waals surface area contributed by atoms with Gasteiger partial charge in [-0.25, -0.2) is 0 Å². The second-order valence-electron chi connectivity index (χ2n) is 11.1. The average molecular weight is 619 g/mol. The van der Waals surface area contributed by atoms with E-state index in [1.54, 1.807) is 18.2 Å². The summed E-state index contributed by atoms with van der Waals surface area (Å²) in [6.45, 7) is 4.09. The number of nitrogens with zero attached hydrogens (tertiary/aromatic N) is 2. The van der Waals surface area contributed by atoms with Crippen molar-refractivity contribution in [2.75, 3.05) is 53.0 Å². The second kappa shape index (κ2) is 14.8. The molecule has 1 amide bonds. The molecular formula is C34H38N2O9. The first-order chi connectivity index (χ1) is 21.8. The van der Waals surface area contributed by atoms with Crippen molar-refractivity contribution < 1.29 is 43.5 Å². The Morgan fingerprint density at radius 2 is 1.58 bits per heavy atom. The molecule has 0 spiro atoms. The van der Waals surface area contributed by atoms with E-state index >= 15 is 0 Å². The number of carbonyl (C=O) groups is 3. The standard InChI is InChI=1S/C34H38N2O9/c1-35-11-13-36(14-12-35)34(41)26-18-25(23-7-9-30-31(21-23)44-17-16-43-30)19-27(20-26)45-22-24-4-2-5-29(28(24)8-10-33(39)40)42-15-3-6-32(37)38/h2,4-5,7,9,18-21H,3,6,8,10-17,22H2,1H3,(H,37,38)(H,39,40). The fourth-order valence-corrected chi connectivity index (χ4v) is 5.35. The lowest BCUT2D eigenvalue weighted by atomic mass is 10.0. The van der Waals surface area contributed by atoms with Crippen LogP contribution in [0.15, 0.2) is 54.6 Å². The van der Waals surface area contributed by atoms with Crippen molar-refractivity contribution in [1.29, 1.82) is 0 Å². The summed E-state index contributed by atoms with van der Waals surface area (Å²) in [5.41, 5.74) is 3.55. The van der Waals surface area contributed by atoms with Crippen molar-refractivity contribution in [3.05, 3.63) is 71.3 Å². The summed E-state index contributed by atoms with van der Waals surface area (Å²) in [6.07, 6.45) is 0.409. The number of carboxylic acid groups (broad SMARTS) is 2. The van der Waals surface area contributed by atoms with Gasteiger partial charge in [-0.15, -0.1) is 0 Å². The van der Waals surface area contributed by atoms with Gasteiger partial charge in [-0.3, -0.25) is 14.4 Å². The van der Waals surface area contributed by atoms with Crippen molar-refractivity contribution in [2.24, 2.45) is 0 Å². The first-order valence-electron chi connectivity index (χ1n) is 15.1. The number of hydrogen-bond acceptors (Lipinski definition) is 8. The second-order valence-corrected chi connectivity index (χ2v) is 11.1. The molecule has 1 saturated heterocycles. The van der Waals surface area contributed by atoms with Crippen molar-refractivity contribution in [1.82, 2.24) is 9.80 Å². The molecule has 0 radical (unpaired) electrons. The van der Waals surface area contributed by atoms with Gasteiger partial charge in [-0.1, -0.05) is 18.2 Å². The van der Waals surface area contributed by atoms with Gasteiger partial charge < -0.3 is 39.0 Å². The van der Waals surface area contributed by atoms with Gasteiger partial charge in [0.15, 0.2) is 11.5 Å². The molecule has 2 N–H and O–H groups in total. The van der Waals surface area contributed by atoms with Crippen LogP contribution in [0.5, 0.6) is 23.0 Å². The number of ether oxygens (including phenoxy) is 4. The highest BCUT2D eigenvalue weighted by molar-refractivity contribution is 5.96. The molecule has 11 heteroatoms. The Morgan fingerprint density at radius 3 is 2.33 bits per heavy atom. The summed E-state index contributed by atoms with van der Waals surface area (Å²) in [5.74, 6) is 0.365. The Bertz CT molecular complexity index is 1530. The van der Waals surface area contributed by atoms with Crippen LogP contribution in [-0.4, -0.2) is 90.9 Å². The monoisotopic (exact) mass is 618 g/mol. The maximum absolute atomic E-state index is 13.7. The molecule has 2 heterocycles. The zero-order chi connectivity index (χ0) is 31.8. The third kappa shape index (κ3) is 8.45. The normalized spacial score (nSPS) is 14.6. The van der Waals surface area contributed by atoms with Crippen LogP contribution in [0.25, 0.3) is 11.1 Å². The van der Waals surface area contributed by atoms with Crippen LogP contribution in [0.3, 0.4) is 0 Å². The molecule has 45 heavy (non-hydrogen) atoms. The van der Waals surface area contributed by atoms with Crippen LogP contribution in [0.2, 0.25) is 0 Å². The molecule has 5 rings (SSSR count). The first-order valence-corrected chi connectivity index (χ1v) is 15.1. The van der Waals surface area contributed by atoms with E-state index in [9.17, 15) is 19.5 Å². The third-order valence-electron chi connectivity index (χ3n) is 7.83. The molecule has 0 aromatic heterocycles. The minimum atomic E-state index is -0.943. The number of carbonyl (C=O) groups excluding carboxylic acids is 1. The highest BCUT2D eigenvalue weighted by Crippen LogP contribution is 2.36. The number of hydrogen-bond donors (Lipinski definition) is 2. The zero-order valence-corrected chi connectivity index (χ0v) is 25.3. The van der Waals surface area contributed by atoms with Gasteiger partial charge in [0.2, 0.25) is 0 Å². The first kappa shape index (κ1) is 31.6. The van der Waals surface area contributed by atoms with Gasteiger partial charge in [0.1, 0.15) is 31.3 Å². The Morgan fingerprint density at radius 1 is 0.822 bits per heavy atom. The summed E-state index contributed by atoms with van der Waals surface area (Å²) in [7, 11) is 2.04. The quantitative estimate of drug-likeness (QED) is 0.266. The van der Waals surface area contributed by atoms with Crippen molar-refractivity contribution in [2.45, 2.75) is 32.3 Å². The topological polar surface area (TPSA) is 135 Å². The van der Waals surface area contributed by atoms with E-state index in [0.29, 0.717) is 66.8 Å². The lowest BCUT2D eigenvalue weighted by Gasteiger charge is -2.32. The van der Waals surface area contributed by atoms with Crippen molar-refractivity contribution in [3.63, 3.8) is 0 Å². The Labute approximate surface area is 261 Å². The van der Waals surface area contributed by atoms with E-state index in [1.165, 1.54) is 0 Å². The maximum Gasteiger partial charge on any atom is 0.303 e. The maximum atomic E-state index is 13.7. The summed E-state index contributed by atoms with van der Waals surface area (Å²) in [5, 5.41) is 18.3. The fourth-order valence-electron chi connectivity index (χ4n) is 5.35. The highest BCUT2D eigenvalue weighted by Gasteiger charge is 2.22. The minimum Gasteiger partial charge on any atom is -0.493 e. The summed E-state index contributed by atoms with van der Waals surface area (Å²) < 4.78 is 23.7. The van der Waals surface area contributed by atoms with Crippen molar-refractivity contribution >= 4 is 17.8 Å². The Balaban J connectivity index is 1.43. The number of piperazine rings is 1. The number of benzene rings is 3. The van der Waals surface area contributed by atoms with E-state index in [0.717, 1.165) is 29.8 Å². The molecule has 3 aromatic rings. The molecule has 0 unspecified atom stereocenters. The van der Waals surface area contributed by atoms with E-state index in [-0.39, 0.29) is 38.4 Å². The van der Waals surface area contributed by atoms with Crippen LogP contribution in [0.4, 0.5) is 0 Å². The smallest absolute Gasteiger partial charge is 0.303 e. The van der Waals surface area contributed by atoms with E-state index in [2.05, 4.69) is 4.90 Å². The predicted molar refractivity (Wildman–Crippen MR) is 165 cm³/mol. The van der Waals surface area contributed by atoms with E-state index in [1.807, 2.05) is 48.3 Å². The largest absolute Gasteiger partial charge is 0.493 e. The van der Waals surface area contributed by atoms with E-state index in [4.69, 9.17) is 24.1 Å². The molecule has 0 atom stereocenters. The molecule has 11 nitrogen and oxygen atoms in total. The van der Waals surface area contributed by atoms with Crippen LogP contribution < -0.4 is 18.9 Å².